The fraction of sp³-hybridized carbons (Fsp3) is 0.583. The van der Waals surface area contributed by atoms with Crippen LogP contribution < -0.4 is 5.32 Å². The first kappa shape index (κ1) is 11.4. The maximum absolute atomic E-state index is 5.34. The van der Waals surface area contributed by atoms with E-state index in [0.29, 0.717) is 5.89 Å². The molecule has 1 N–H and O–H groups in total. The van der Waals surface area contributed by atoms with Gasteiger partial charge in [0.25, 0.3) is 5.89 Å². The lowest BCUT2D eigenvalue weighted by atomic mass is 10.0. The van der Waals surface area contributed by atoms with Gasteiger partial charge >= 0.3 is 0 Å². The molecule has 96 valence electrons. The summed E-state index contributed by atoms with van der Waals surface area (Å²) in [5.41, 5.74) is 0.882. The summed E-state index contributed by atoms with van der Waals surface area (Å²) in [5.74, 6) is 1.31. The van der Waals surface area contributed by atoms with Crippen LogP contribution in [-0.4, -0.2) is 26.5 Å². The van der Waals surface area contributed by atoms with Crippen LogP contribution in [0.25, 0.3) is 11.6 Å². The summed E-state index contributed by atoms with van der Waals surface area (Å²) >= 11 is 0. The number of nitrogens with one attached hydrogen (secondary N) is 1. The molecular formula is C12H17N5O. The third kappa shape index (κ3) is 2.03. The second-order valence-corrected chi connectivity index (χ2v) is 4.49. The lowest BCUT2D eigenvalue weighted by molar-refractivity contribution is 0.366. The van der Waals surface area contributed by atoms with E-state index in [1.165, 1.54) is 12.8 Å². The Kier molecular flexibility index (Phi) is 3.10. The molecule has 6 nitrogen and oxygen atoms in total. The molecule has 0 amide bonds. The van der Waals surface area contributed by atoms with E-state index in [1.54, 1.807) is 6.20 Å². The van der Waals surface area contributed by atoms with Crippen molar-refractivity contribution < 1.29 is 4.52 Å². The van der Waals surface area contributed by atoms with Crippen molar-refractivity contribution in [1.29, 1.82) is 0 Å². The molecule has 3 heterocycles. The van der Waals surface area contributed by atoms with Gasteiger partial charge in [-0.3, -0.25) is 4.68 Å². The average molecular weight is 247 g/mol. The third-order valence-electron chi connectivity index (χ3n) is 3.30. The molecule has 1 fully saturated rings. The molecule has 0 radical (unpaired) electrons. The Morgan fingerprint density at radius 1 is 1.50 bits per heavy atom. The predicted molar refractivity (Wildman–Crippen MR) is 65.8 cm³/mol. The van der Waals surface area contributed by atoms with Crippen molar-refractivity contribution in [2.24, 2.45) is 0 Å². The first-order chi connectivity index (χ1) is 8.88. The van der Waals surface area contributed by atoms with Gasteiger partial charge in [0, 0.05) is 12.7 Å². The highest BCUT2D eigenvalue weighted by atomic mass is 16.5. The van der Waals surface area contributed by atoms with Gasteiger partial charge in [0.2, 0.25) is 0 Å². The molecule has 0 saturated carbocycles. The highest BCUT2D eigenvalue weighted by Crippen LogP contribution is 2.23. The fourth-order valence-electron chi connectivity index (χ4n) is 2.32. The van der Waals surface area contributed by atoms with Gasteiger partial charge in [0.1, 0.15) is 5.69 Å². The molecule has 2 aromatic heterocycles. The van der Waals surface area contributed by atoms with E-state index in [2.05, 4.69) is 20.6 Å². The molecule has 0 unspecified atom stereocenters. The summed E-state index contributed by atoms with van der Waals surface area (Å²) in [6.07, 6.45) is 5.27. The number of piperidine rings is 1. The molecular weight excluding hydrogens is 230 g/mol. The Morgan fingerprint density at radius 2 is 2.44 bits per heavy atom. The minimum atomic E-state index is 0.231. The van der Waals surface area contributed by atoms with Crippen molar-refractivity contribution in [3.8, 4) is 11.6 Å². The van der Waals surface area contributed by atoms with Crippen LogP contribution in [0.1, 0.15) is 38.1 Å². The number of aromatic nitrogens is 4. The lowest BCUT2D eigenvalue weighted by Crippen LogP contribution is -2.27. The topological polar surface area (TPSA) is 68.8 Å². The molecule has 1 saturated heterocycles. The standard InChI is InChI=1S/C12H17N5O/c1-2-17-10(6-8-14-17)12-15-11(16-18-12)9-5-3-4-7-13-9/h6,8-9,13H,2-5,7H2,1H3/t9-/m0/s1. The van der Waals surface area contributed by atoms with Gasteiger partial charge in [-0.2, -0.15) is 10.1 Å². The van der Waals surface area contributed by atoms with Gasteiger partial charge in [-0.25, -0.2) is 0 Å². The van der Waals surface area contributed by atoms with Crippen LogP contribution in [0, 0.1) is 0 Å². The van der Waals surface area contributed by atoms with E-state index in [1.807, 2.05) is 17.7 Å². The SMILES string of the molecule is CCn1nccc1-c1nc([C@@H]2CCCCN2)no1. The Balaban J connectivity index is 1.84. The van der Waals surface area contributed by atoms with Gasteiger partial charge in [-0.15, -0.1) is 0 Å². The van der Waals surface area contributed by atoms with Crippen LogP contribution in [0.4, 0.5) is 0 Å². The first-order valence-corrected chi connectivity index (χ1v) is 6.47. The van der Waals surface area contributed by atoms with Gasteiger partial charge in [0.15, 0.2) is 5.82 Å². The maximum atomic E-state index is 5.34. The normalized spacial score (nSPS) is 20.2. The first-order valence-electron chi connectivity index (χ1n) is 6.47. The minimum Gasteiger partial charge on any atom is -0.332 e. The van der Waals surface area contributed by atoms with E-state index < -0.39 is 0 Å². The van der Waals surface area contributed by atoms with Gasteiger partial charge in [-0.1, -0.05) is 11.6 Å². The summed E-state index contributed by atoms with van der Waals surface area (Å²) in [4.78, 5) is 4.48. The van der Waals surface area contributed by atoms with E-state index >= 15 is 0 Å². The molecule has 18 heavy (non-hydrogen) atoms. The Morgan fingerprint density at radius 3 is 3.22 bits per heavy atom. The van der Waals surface area contributed by atoms with E-state index in [0.717, 1.165) is 31.0 Å². The monoisotopic (exact) mass is 247 g/mol. The summed E-state index contributed by atoms with van der Waals surface area (Å²) in [6, 6.07) is 2.13. The fourth-order valence-corrected chi connectivity index (χ4v) is 2.32. The lowest BCUT2D eigenvalue weighted by Gasteiger charge is -2.19. The quantitative estimate of drug-likeness (QED) is 0.895. The van der Waals surface area contributed by atoms with Crippen molar-refractivity contribution in [3.63, 3.8) is 0 Å². The second-order valence-electron chi connectivity index (χ2n) is 4.49. The van der Waals surface area contributed by atoms with Crippen LogP contribution in [0.5, 0.6) is 0 Å². The summed E-state index contributed by atoms with van der Waals surface area (Å²) in [7, 11) is 0. The molecule has 3 rings (SSSR count). The maximum Gasteiger partial charge on any atom is 0.276 e. The molecule has 6 heteroatoms. The Labute approximate surface area is 105 Å². The number of aryl methyl sites for hydroxylation is 1. The van der Waals surface area contributed by atoms with E-state index in [9.17, 15) is 0 Å². The van der Waals surface area contributed by atoms with Gasteiger partial charge in [-0.05, 0) is 32.4 Å². The zero-order chi connectivity index (χ0) is 12.4. The molecule has 1 aliphatic rings. The highest BCUT2D eigenvalue weighted by molar-refractivity contribution is 5.46. The van der Waals surface area contributed by atoms with Crippen molar-refractivity contribution in [2.45, 2.75) is 38.8 Å². The average Bonchev–Trinajstić information content (AvgIpc) is 3.08. The number of nitrogens with zero attached hydrogens (tertiary/aromatic N) is 4. The van der Waals surface area contributed by atoms with Gasteiger partial charge in [0.05, 0.1) is 6.04 Å². The van der Waals surface area contributed by atoms with E-state index in [4.69, 9.17) is 4.52 Å². The highest BCUT2D eigenvalue weighted by Gasteiger charge is 2.21. The molecule has 0 spiro atoms. The molecule has 1 aliphatic heterocycles. The molecule has 2 aromatic rings. The van der Waals surface area contributed by atoms with Crippen LogP contribution in [0.15, 0.2) is 16.8 Å². The smallest absolute Gasteiger partial charge is 0.276 e. The molecule has 0 aromatic carbocycles. The predicted octanol–water partition coefficient (Wildman–Crippen LogP) is 1.77. The van der Waals surface area contributed by atoms with Crippen molar-refractivity contribution in [1.82, 2.24) is 25.2 Å². The third-order valence-corrected chi connectivity index (χ3v) is 3.30. The summed E-state index contributed by atoms with van der Waals surface area (Å²) < 4.78 is 7.20. The molecule has 0 aliphatic carbocycles. The molecule has 0 bridgehead atoms. The minimum absolute atomic E-state index is 0.231. The van der Waals surface area contributed by atoms with Crippen LogP contribution >= 0.6 is 0 Å². The zero-order valence-corrected chi connectivity index (χ0v) is 10.5. The van der Waals surface area contributed by atoms with Gasteiger partial charge < -0.3 is 9.84 Å². The summed E-state index contributed by atoms with van der Waals surface area (Å²) in [6.45, 7) is 3.86. The van der Waals surface area contributed by atoms with Crippen LogP contribution in [0.3, 0.4) is 0 Å². The second kappa shape index (κ2) is 4.89. The Hall–Kier alpha value is -1.69. The zero-order valence-electron chi connectivity index (χ0n) is 10.5. The number of rotatable bonds is 3. The number of hydrogen-bond acceptors (Lipinski definition) is 5. The largest absolute Gasteiger partial charge is 0.332 e. The molecule has 1 atom stereocenters. The van der Waals surface area contributed by atoms with Crippen LogP contribution in [-0.2, 0) is 6.54 Å². The summed E-state index contributed by atoms with van der Waals surface area (Å²) in [5, 5.41) is 11.7. The number of hydrogen-bond donors (Lipinski definition) is 1. The Bertz CT molecular complexity index is 512. The van der Waals surface area contributed by atoms with Crippen LogP contribution in [0.2, 0.25) is 0 Å². The van der Waals surface area contributed by atoms with Crippen molar-refractivity contribution in [2.75, 3.05) is 6.54 Å². The van der Waals surface area contributed by atoms with E-state index in [-0.39, 0.29) is 6.04 Å². The van der Waals surface area contributed by atoms with Crippen molar-refractivity contribution in [3.05, 3.63) is 18.1 Å². The van der Waals surface area contributed by atoms with Crippen molar-refractivity contribution >= 4 is 0 Å².